The first-order valence-corrected chi connectivity index (χ1v) is 6.04. The van der Waals surface area contributed by atoms with Gasteiger partial charge < -0.3 is 15.1 Å². The van der Waals surface area contributed by atoms with Crippen molar-refractivity contribution in [2.24, 2.45) is 0 Å². The van der Waals surface area contributed by atoms with E-state index in [0.717, 1.165) is 5.69 Å². The Balaban J connectivity index is 3.16. The molecule has 0 saturated heterocycles. The van der Waals surface area contributed by atoms with Crippen LogP contribution in [0.5, 0.6) is 0 Å². The summed E-state index contributed by atoms with van der Waals surface area (Å²) in [5.41, 5.74) is 1.65. The van der Waals surface area contributed by atoms with E-state index in [2.05, 4.69) is 4.98 Å². The van der Waals surface area contributed by atoms with Gasteiger partial charge in [-0.3, -0.25) is 4.98 Å². The largest absolute Gasteiger partial charge is 0.478 e. The monoisotopic (exact) mass is 252 g/mol. The van der Waals surface area contributed by atoms with Gasteiger partial charge in [-0.25, -0.2) is 4.79 Å². The van der Waals surface area contributed by atoms with E-state index in [1.807, 2.05) is 25.7 Å². The zero-order chi connectivity index (χ0) is 13.7. The number of aromatic carboxylic acids is 1. The molecule has 0 atom stereocenters. The Bertz CT molecular complexity index is 419. The molecule has 1 aromatic rings. The van der Waals surface area contributed by atoms with Gasteiger partial charge in [-0.1, -0.05) is 0 Å². The van der Waals surface area contributed by atoms with E-state index in [0.29, 0.717) is 18.7 Å². The molecule has 0 aliphatic rings. The highest BCUT2D eigenvalue weighted by Gasteiger charge is 2.18. The average molecular weight is 252 g/mol. The molecule has 1 rings (SSSR count). The molecular weight excluding hydrogens is 232 g/mol. The van der Waals surface area contributed by atoms with E-state index in [1.54, 1.807) is 6.07 Å². The molecule has 0 bridgehead atoms. The molecule has 1 aromatic heterocycles. The van der Waals surface area contributed by atoms with Gasteiger partial charge in [0.1, 0.15) is 5.56 Å². The number of carbonyl (C=O) groups is 1. The molecule has 100 valence electrons. The van der Waals surface area contributed by atoms with Crippen LogP contribution in [0.3, 0.4) is 0 Å². The third-order valence-corrected chi connectivity index (χ3v) is 2.74. The number of carboxylic acids is 1. The zero-order valence-corrected chi connectivity index (χ0v) is 11.1. The molecule has 0 aliphatic carbocycles. The molecule has 5 heteroatoms. The summed E-state index contributed by atoms with van der Waals surface area (Å²) in [7, 11) is 0. The van der Waals surface area contributed by atoms with Gasteiger partial charge in [-0.15, -0.1) is 0 Å². The second-order valence-electron chi connectivity index (χ2n) is 4.51. The minimum atomic E-state index is -0.979. The lowest BCUT2D eigenvalue weighted by atomic mass is 10.1. The molecule has 0 aliphatic heterocycles. The number of nitrogens with zero attached hydrogens (tertiary/aromatic N) is 2. The van der Waals surface area contributed by atoms with Gasteiger partial charge in [0.25, 0.3) is 0 Å². The van der Waals surface area contributed by atoms with Crippen LogP contribution in [0.2, 0.25) is 0 Å². The Morgan fingerprint density at radius 2 is 2.17 bits per heavy atom. The molecule has 0 spiro atoms. The minimum Gasteiger partial charge on any atom is -0.478 e. The molecule has 0 amide bonds. The predicted molar refractivity (Wildman–Crippen MR) is 70.1 cm³/mol. The number of anilines is 1. The highest BCUT2D eigenvalue weighted by molar-refractivity contribution is 5.94. The number of aliphatic hydroxyl groups excluding tert-OH is 1. The fourth-order valence-corrected chi connectivity index (χ4v) is 1.85. The van der Waals surface area contributed by atoms with E-state index >= 15 is 0 Å². The number of carboxylic acid groups (broad SMARTS) is 1. The van der Waals surface area contributed by atoms with Crippen LogP contribution in [0, 0.1) is 6.92 Å². The molecule has 0 fully saturated rings. The van der Waals surface area contributed by atoms with Crippen LogP contribution < -0.4 is 4.90 Å². The van der Waals surface area contributed by atoms with Crippen LogP contribution in [0.1, 0.15) is 36.3 Å². The van der Waals surface area contributed by atoms with E-state index in [4.69, 9.17) is 5.11 Å². The molecule has 18 heavy (non-hydrogen) atoms. The fraction of sp³-hybridized carbons (Fsp3) is 0.538. The highest BCUT2D eigenvalue weighted by Crippen LogP contribution is 2.23. The van der Waals surface area contributed by atoms with Crippen molar-refractivity contribution in [2.45, 2.75) is 33.2 Å². The van der Waals surface area contributed by atoms with Crippen LogP contribution in [0.4, 0.5) is 5.69 Å². The van der Waals surface area contributed by atoms with Crippen LogP contribution in [0.25, 0.3) is 0 Å². The topological polar surface area (TPSA) is 73.7 Å². The molecule has 2 N–H and O–H groups in total. The first-order valence-electron chi connectivity index (χ1n) is 6.04. The number of aryl methyl sites for hydroxylation is 1. The number of aromatic nitrogens is 1. The highest BCUT2D eigenvalue weighted by atomic mass is 16.4. The van der Waals surface area contributed by atoms with Gasteiger partial charge in [0.05, 0.1) is 5.69 Å². The van der Waals surface area contributed by atoms with Crippen molar-refractivity contribution < 1.29 is 15.0 Å². The molecule has 0 aromatic carbocycles. The van der Waals surface area contributed by atoms with E-state index in [-0.39, 0.29) is 18.2 Å². The first-order chi connectivity index (χ1) is 8.47. The Kier molecular flexibility index (Phi) is 5.09. The van der Waals surface area contributed by atoms with Crippen molar-refractivity contribution in [3.63, 3.8) is 0 Å². The molecule has 0 radical (unpaired) electrons. The second-order valence-corrected chi connectivity index (χ2v) is 4.51. The maximum Gasteiger partial charge on any atom is 0.339 e. The summed E-state index contributed by atoms with van der Waals surface area (Å²) in [6, 6.07) is 1.94. The smallest absolute Gasteiger partial charge is 0.339 e. The van der Waals surface area contributed by atoms with Crippen molar-refractivity contribution in [1.82, 2.24) is 4.98 Å². The SMILES string of the molecule is Cc1cc(N(CCCO)C(C)C)c(C(=O)O)cn1. The fourth-order valence-electron chi connectivity index (χ4n) is 1.85. The summed E-state index contributed by atoms with van der Waals surface area (Å²) in [4.78, 5) is 17.2. The number of pyridine rings is 1. The lowest BCUT2D eigenvalue weighted by Crippen LogP contribution is -2.33. The number of aliphatic hydroxyl groups is 1. The summed E-state index contributed by atoms with van der Waals surface area (Å²) >= 11 is 0. The number of hydrogen-bond donors (Lipinski definition) is 2. The standard InChI is InChI=1S/C13H20N2O3/c1-9(2)15(5-4-6-16)12-7-10(3)14-8-11(12)13(17)18/h7-9,16H,4-6H2,1-3H3,(H,17,18). The van der Waals surface area contributed by atoms with Gasteiger partial charge in [0.2, 0.25) is 0 Å². The molecule has 5 nitrogen and oxygen atoms in total. The van der Waals surface area contributed by atoms with Crippen LogP contribution in [-0.2, 0) is 0 Å². The van der Waals surface area contributed by atoms with Crippen LogP contribution in [-0.4, -0.2) is 40.4 Å². The second kappa shape index (κ2) is 6.35. The molecule has 1 heterocycles. The van der Waals surface area contributed by atoms with Crippen molar-refractivity contribution >= 4 is 11.7 Å². The quantitative estimate of drug-likeness (QED) is 0.806. The summed E-state index contributed by atoms with van der Waals surface area (Å²) in [5.74, 6) is -0.979. The third-order valence-electron chi connectivity index (χ3n) is 2.74. The van der Waals surface area contributed by atoms with Crippen molar-refractivity contribution in [1.29, 1.82) is 0 Å². The van der Waals surface area contributed by atoms with Gasteiger partial charge in [-0.2, -0.15) is 0 Å². The molecule has 0 saturated carbocycles. The predicted octanol–water partition coefficient (Wildman–Crippen LogP) is 1.69. The Hall–Kier alpha value is -1.62. The Morgan fingerprint density at radius 3 is 2.67 bits per heavy atom. The van der Waals surface area contributed by atoms with Gasteiger partial charge in [0.15, 0.2) is 0 Å². The lowest BCUT2D eigenvalue weighted by molar-refractivity contribution is 0.0697. The Labute approximate surface area is 107 Å². The van der Waals surface area contributed by atoms with Gasteiger partial charge >= 0.3 is 5.97 Å². The average Bonchev–Trinajstić information content (AvgIpc) is 2.28. The lowest BCUT2D eigenvalue weighted by Gasteiger charge is -2.30. The van der Waals surface area contributed by atoms with Gasteiger partial charge in [0, 0.05) is 31.1 Å². The van der Waals surface area contributed by atoms with Crippen LogP contribution in [0.15, 0.2) is 12.3 Å². The Morgan fingerprint density at radius 1 is 1.50 bits per heavy atom. The van der Waals surface area contributed by atoms with Crippen LogP contribution >= 0.6 is 0 Å². The summed E-state index contributed by atoms with van der Waals surface area (Å²) in [5, 5.41) is 18.1. The normalized spacial score (nSPS) is 10.7. The zero-order valence-electron chi connectivity index (χ0n) is 11.1. The summed E-state index contributed by atoms with van der Waals surface area (Å²) < 4.78 is 0. The van der Waals surface area contributed by atoms with Crippen molar-refractivity contribution in [3.05, 3.63) is 23.5 Å². The number of hydrogen-bond acceptors (Lipinski definition) is 4. The summed E-state index contributed by atoms with van der Waals surface area (Å²) in [6.07, 6.45) is 2.00. The van der Waals surface area contributed by atoms with Crippen molar-refractivity contribution in [3.8, 4) is 0 Å². The van der Waals surface area contributed by atoms with E-state index < -0.39 is 5.97 Å². The maximum absolute atomic E-state index is 11.2. The minimum absolute atomic E-state index is 0.0929. The maximum atomic E-state index is 11.2. The first kappa shape index (κ1) is 14.4. The molecule has 0 unspecified atom stereocenters. The van der Waals surface area contributed by atoms with E-state index in [1.165, 1.54) is 6.20 Å². The van der Waals surface area contributed by atoms with Crippen molar-refractivity contribution in [2.75, 3.05) is 18.1 Å². The third kappa shape index (κ3) is 3.43. The summed E-state index contributed by atoms with van der Waals surface area (Å²) in [6.45, 7) is 6.55. The van der Waals surface area contributed by atoms with E-state index in [9.17, 15) is 9.90 Å². The molecular formula is C13H20N2O3. The van der Waals surface area contributed by atoms with Gasteiger partial charge in [-0.05, 0) is 33.3 Å². The number of rotatable bonds is 6.